The number of nitrogens with zero attached hydrogens (tertiary/aromatic N) is 1. The smallest absolute Gasteiger partial charge is 0.223 e. The molecule has 0 spiro atoms. The first-order chi connectivity index (χ1) is 13.6. The third kappa shape index (κ3) is 4.57. The van der Waals surface area contributed by atoms with Crippen LogP contribution < -0.4 is 5.32 Å². The Morgan fingerprint density at radius 2 is 1.86 bits per heavy atom. The first-order valence-electron chi connectivity index (χ1n) is 11.0. The van der Waals surface area contributed by atoms with Crippen molar-refractivity contribution >= 4 is 5.91 Å². The van der Waals surface area contributed by atoms with Gasteiger partial charge in [0.1, 0.15) is 5.82 Å². The summed E-state index contributed by atoms with van der Waals surface area (Å²) in [5, 5.41) is 3.28. The molecular formula is C23H33FN2O2. The van der Waals surface area contributed by atoms with Crippen LogP contribution >= 0.6 is 0 Å². The molecule has 0 aromatic heterocycles. The Labute approximate surface area is 167 Å². The number of ether oxygens (including phenoxy) is 1. The van der Waals surface area contributed by atoms with E-state index >= 15 is 0 Å². The van der Waals surface area contributed by atoms with E-state index in [4.69, 9.17) is 4.74 Å². The van der Waals surface area contributed by atoms with Crippen molar-refractivity contribution in [2.24, 2.45) is 5.92 Å². The van der Waals surface area contributed by atoms with Crippen molar-refractivity contribution in [3.05, 3.63) is 35.6 Å². The molecule has 3 fully saturated rings. The van der Waals surface area contributed by atoms with E-state index in [0.717, 1.165) is 58.2 Å². The number of amides is 1. The molecule has 2 heterocycles. The highest BCUT2D eigenvalue weighted by Crippen LogP contribution is 2.42. The summed E-state index contributed by atoms with van der Waals surface area (Å²) in [4.78, 5) is 15.0. The number of carbonyl (C=O) groups excluding carboxylic acids is 1. The Kier molecular flexibility index (Phi) is 6.32. The van der Waals surface area contributed by atoms with Gasteiger partial charge in [-0.3, -0.25) is 4.79 Å². The maximum absolute atomic E-state index is 13.8. The molecule has 3 aliphatic rings. The fraction of sp³-hybridized carbons (Fsp3) is 0.696. The highest BCUT2D eigenvalue weighted by atomic mass is 19.1. The summed E-state index contributed by atoms with van der Waals surface area (Å²) in [5.74, 6) is 0.216. The lowest BCUT2D eigenvalue weighted by atomic mass is 9.78. The summed E-state index contributed by atoms with van der Waals surface area (Å²) < 4.78 is 19.2. The number of halogens is 1. The van der Waals surface area contributed by atoms with Gasteiger partial charge in [0.05, 0.1) is 0 Å². The minimum Gasteiger partial charge on any atom is -0.381 e. The second kappa shape index (κ2) is 8.91. The van der Waals surface area contributed by atoms with Crippen LogP contribution in [0.1, 0.15) is 56.9 Å². The molecule has 2 saturated heterocycles. The van der Waals surface area contributed by atoms with Gasteiger partial charge in [-0.15, -0.1) is 0 Å². The summed E-state index contributed by atoms with van der Waals surface area (Å²) in [6.07, 6.45) is 8.47. The fourth-order valence-corrected chi connectivity index (χ4v) is 5.35. The average Bonchev–Trinajstić information content (AvgIpc) is 3.20. The maximum atomic E-state index is 13.8. The van der Waals surface area contributed by atoms with Crippen LogP contribution in [-0.2, 0) is 14.9 Å². The standard InChI is InChI=1S/C23H33FN2O2/c24-20-5-3-4-19(16-20)23(10-1-2-11-23)17-26-12-6-21(7-13-26)25-22(27)18-8-14-28-15-9-18/h3-5,16,18,21H,1-2,6-15,17H2,(H,25,27). The SMILES string of the molecule is O=C(NC1CCN(CC2(c3cccc(F)c3)CCCC2)CC1)C1CCOCC1. The van der Waals surface area contributed by atoms with Crippen molar-refractivity contribution in [3.63, 3.8) is 0 Å². The van der Waals surface area contributed by atoms with Gasteiger partial charge in [0, 0.05) is 50.2 Å². The van der Waals surface area contributed by atoms with Gasteiger partial charge in [-0.05, 0) is 56.2 Å². The van der Waals surface area contributed by atoms with Gasteiger partial charge in [-0.2, -0.15) is 0 Å². The van der Waals surface area contributed by atoms with Crippen LogP contribution in [0.3, 0.4) is 0 Å². The highest BCUT2D eigenvalue weighted by Gasteiger charge is 2.38. The molecule has 1 N–H and O–H groups in total. The van der Waals surface area contributed by atoms with Crippen molar-refractivity contribution in [1.29, 1.82) is 0 Å². The van der Waals surface area contributed by atoms with Gasteiger partial charge in [0.25, 0.3) is 0 Å². The average molecular weight is 389 g/mol. The van der Waals surface area contributed by atoms with Crippen LogP contribution in [0.5, 0.6) is 0 Å². The third-order valence-corrected chi connectivity index (χ3v) is 7.05. The summed E-state index contributed by atoms with van der Waals surface area (Å²) in [5.41, 5.74) is 1.26. The second-order valence-corrected chi connectivity index (χ2v) is 8.94. The molecule has 0 atom stereocenters. The van der Waals surface area contributed by atoms with E-state index in [1.165, 1.54) is 18.4 Å². The third-order valence-electron chi connectivity index (χ3n) is 7.05. The van der Waals surface area contributed by atoms with Gasteiger partial charge in [0.2, 0.25) is 5.91 Å². The Morgan fingerprint density at radius 1 is 1.14 bits per heavy atom. The molecule has 1 amide bonds. The number of hydrogen-bond acceptors (Lipinski definition) is 3. The molecule has 5 heteroatoms. The first-order valence-corrected chi connectivity index (χ1v) is 11.0. The summed E-state index contributed by atoms with van der Waals surface area (Å²) >= 11 is 0. The predicted octanol–water partition coefficient (Wildman–Crippen LogP) is 3.64. The molecule has 1 saturated carbocycles. The zero-order chi connectivity index (χ0) is 19.4. The van der Waals surface area contributed by atoms with Gasteiger partial charge in [0.15, 0.2) is 0 Å². The van der Waals surface area contributed by atoms with Gasteiger partial charge < -0.3 is 15.0 Å². The van der Waals surface area contributed by atoms with Gasteiger partial charge in [-0.25, -0.2) is 4.39 Å². The van der Waals surface area contributed by atoms with Gasteiger partial charge >= 0.3 is 0 Å². The number of carbonyl (C=O) groups is 1. The number of piperidine rings is 1. The zero-order valence-electron chi connectivity index (χ0n) is 16.8. The Hall–Kier alpha value is -1.46. The minimum atomic E-state index is -0.127. The van der Waals surface area contributed by atoms with Crippen LogP contribution in [0.25, 0.3) is 0 Å². The largest absolute Gasteiger partial charge is 0.381 e. The van der Waals surface area contributed by atoms with E-state index in [0.29, 0.717) is 19.3 Å². The molecule has 154 valence electrons. The van der Waals surface area contributed by atoms with Crippen molar-refractivity contribution in [2.75, 3.05) is 32.8 Å². The summed E-state index contributed by atoms with van der Waals surface area (Å²) in [6.45, 7) is 4.44. The number of benzene rings is 1. The van der Waals surface area contributed by atoms with Crippen molar-refractivity contribution in [3.8, 4) is 0 Å². The normalized spacial score (nSPS) is 24.3. The Morgan fingerprint density at radius 3 is 2.54 bits per heavy atom. The number of hydrogen-bond donors (Lipinski definition) is 1. The minimum absolute atomic E-state index is 0.0975. The van der Waals surface area contributed by atoms with E-state index in [9.17, 15) is 9.18 Å². The van der Waals surface area contributed by atoms with Crippen molar-refractivity contribution < 1.29 is 13.9 Å². The van der Waals surface area contributed by atoms with E-state index in [1.807, 2.05) is 6.07 Å². The van der Waals surface area contributed by atoms with E-state index in [1.54, 1.807) is 12.1 Å². The lowest BCUT2D eigenvalue weighted by molar-refractivity contribution is -0.128. The molecule has 0 bridgehead atoms. The van der Waals surface area contributed by atoms with Crippen molar-refractivity contribution in [1.82, 2.24) is 10.2 Å². The first kappa shape index (κ1) is 19.8. The molecule has 1 aromatic rings. The molecule has 0 radical (unpaired) electrons. The quantitative estimate of drug-likeness (QED) is 0.837. The van der Waals surface area contributed by atoms with E-state index in [2.05, 4.69) is 16.3 Å². The van der Waals surface area contributed by atoms with Crippen LogP contribution in [0.15, 0.2) is 24.3 Å². The molecule has 0 unspecified atom stereocenters. The molecule has 4 rings (SSSR count). The van der Waals surface area contributed by atoms with E-state index < -0.39 is 0 Å². The molecule has 28 heavy (non-hydrogen) atoms. The maximum Gasteiger partial charge on any atom is 0.223 e. The lowest BCUT2D eigenvalue weighted by Crippen LogP contribution is -2.49. The van der Waals surface area contributed by atoms with Crippen molar-refractivity contribution in [2.45, 2.75) is 62.8 Å². The van der Waals surface area contributed by atoms with Crippen LogP contribution in [-0.4, -0.2) is 49.7 Å². The predicted molar refractivity (Wildman–Crippen MR) is 108 cm³/mol. The van der Waals surface area contributed by atoms with Gasteiger partial charge in [-0.1, -0.05) is 25.0 Å². The van der Waals surface area contributed by atoms with Crippen LogP contribution in [0.2, 0.25) is 0 Å². The monoisotopic (exact) mass is 388 g/mol. The number of rotatable bonds is 5. The van der Waals surface area contributed by atoms with Crippen LogP contribution in [0.4, 0.5) is 4.39 Å². The van der Waals surface area contributed by atoms with Crippen LogP contribution in [0, 0.1) is 11.7 Å². The van der Waals surface area contributed by atoms with E-state index in [-0.39, 0.29) is 23.1 Å². The molecule has 1 aliphatic carbocycles. The highest BCUT2D eigenvalue weighted by molar-refractivity contribution is 5.79. The number of likely N-dealkylation sites (tertiary alicyclic amines) is 1. The summed E-state index contributed by atoms with van der Waals surface area (Å²) in [6, 6.07) is 7.53. The topological polar surface area (TPSA) is 41.6 Å². The zero-order valence-corrected chi connectivity index (χ0v) is 16.8. The number of nitrogens with one attached hydrogen (secondary N) is 1. The molecule has 2 aliphatic heterocycles. The fourth-order valence-electron chi connectivity index (χ4n) is 5.35. The molecule has 1 aromatic carbocycles. The molecule has 4 nitrogen and oxygen atoms in total. The Balaban J connectivity index is 1.31. The summed E-state index contributed by atoms with van der Waals surface area (Å²) in [7, 11) is 0. The lowest BCUT2D eigenvalue weighted by Gasteiger charge is -2.40. The molecular weight excluding hydrogens is 355 g/mol. The second-order valence-electron chi connectivity index (χ2n) is 8.94. The Bertz CT molecular complexity index is 660.